The Hall–Kier alpha value is -1.27. The van der Waals surface area contributed by atoms with Gasteiger partial charge in [-0.1, -0.05) is 35.3 Å². The van der Waals surface area contributed by atoms with Crippen LogP contribution >= 0.6 is 23.2 Å². The third-order valence-corrected chi connectivity index (χ3v) is 4.89. The molecule has 0 aliphatic heterocycles. The summed E-state index contributed by atoms with van der Waals surface area (Å²) in [6.07, 6.45) is 0.552. The summed E-state index contributed by atoms with van der Waals surface area (Å²) in [7, 11) is -3.68. The summed E-state index contributed by atoms with van der Waals surface area (Å²) in [6, 6.07) is 11.6. The fraction of sp³-hybridized carbons (Fsp3) is 0.143. The lowest BCUT2D eigenvalue weighted by Gasteiger charge is -2.09. The highest BCUT2D eigenvalue weighted by atomic mass is 35.5. The van der Waals surface area contributed by atoms with Gasteiger partial charge in [0.1, 0.15) is 4.90 Å². The minimum atomic E-state index is -3.68. The topological polar surface area (TPSA) is 72.2 Å². The molecular weight excluding hydrogens is 331 g/mol. The minimum absolute atomic E-state index is 0.00824. The third kappa shape index (κ3) is 4.35. The summed E-state index contributed by atoms with van der Waals surface area (Å²) in [5, 5.41) is 0.966. The number of hydrogen-bond acceptors (Lipinski definition) is 3. The predicted octanol–water partition coefficient (Wildman–Crippen LogP) is 3.10. The van der Waals surface area contributed by atoms with E-state index < -0.39 is 10.0 Å². The second kappa shape index (κ2) is 6.66. The van der Waals surface area contributed by atoms with Gasteiger partial charge in [0.15, 0.2) is 0 Å². The van der Waals surface area contributed by atoms with Crippen molar-refractivity contribution in [3.05, 3.63) is 58.1 Å². The van der Waals surface area contributed by atoms with Crippen molar-refractivity contribution < 1.29 is 8.42 Å². The van der Waals surface area contributed by atoms with E-state index in [1.165, 1.54) is 12.1 Å². The molecule has 0 radical (unpaired) electrons. The number of anilines is 1. The van der Waals surface area contributed by atoms with Crippen molar-refractivity contribution >= 4 is 38.9 Å². The number of rotatable bonds is 5. The molecule has 0 amide bonds. The monoisotopic (exact) mass is 344 g/mol. The van der Waals surface area contributed by atoms with Crippen molar-refractivity contribution in [1.29, 1.82) is 0 Å². The van der Waals surface area contributed by atoms with Crippen LogP contribution in [0, 0.1) is 0 Å². The molecule has 112 valence electrons. The zero-order valence-corrected chi connectivity index (χ0v) is 13.3. The average molecular weight is 345 g/mol. The normalized spacial score (nSPS) is 11.5. The van der Waals surface area contributed by atoms with E-state index in [4.69, 9.17) is 28.9 Å². The van der Waals surface area contributed by atoms with Gasteiger partial charge >= 0.3 is 0 Å². The Kier molecular flexibility index (Phi) is 5.11. The zero-order chi connectivity index (χ0) is 15.5. The van der Waals surface area contributed by atoms with Gasteiger partial charge in [-0.3, -0.25) is 0 Å². The molecule has 21 heavy (non-hydrogen) atoms. The molecule has 4 nitrogen and oxygen atoms in total. The second-order valence-electron chi connectivity index (χ2n) is 4.46. The van der Waals surface area contributed by atoms with Crippen LogP contribution in [0.15, 0.2) is 47.4 Å². The van der Waals surface area contributed by atoms with Crippen LogP contribution in [-0.4, -0.2) is 15.0 Å². The van der Waals surface area contributed by atoms with Crippen molar-refractivity contribution in [2.45, 2.75) is 11.3 Å². The molecule has 0 unspecified atom stereocenters. The highest BCUT2D eigenvalue weighted by molar-refractivity contribution is 7.89. The van der Waals surface area contributed by atoms with Crippen LogP contribution in [0.25, 0.3) is 0 Å². The van der Waals surface area contributed by atoms with Crippen molar-refractivity contribution in [1.82, 2.24) is 4.72 Å². The Bertz CT molecular complexity index is 731. The van der Waals surface area contributed by atoms with Crippen LogP contribution in [0.3, 0.4) is 0 Å². The van der Waals surface area contributed by atoms with E-state index >= 15 is 0 Å². The first-order chi connectivity index (χ1) is 9.88. The molecule has 2 aromatic carbocycles. The number of nitrogens with two attached hydrogens (primary N) is 1. The lowest BCUT2D eigenvalue weighted by Crippen LogP contribution is -2.26. The van der Waals surface area contributed by atoms with Crippen LogP contribution in [0.5, 0.6) is 0 Å². The van der Waals surface area contributed by atoms with Gasteiger partial charge in [0.05, 0.1) is 5.69 Å². The van der Waals surface area contributed by atoms with E-state index in [1.807, 2.05) is 12.1 Å². The smallest absolute Gasteiger partial charge is 0.242 e. The number of halogens is 2. The Balaban J connectivity index is 2.04. The van der Waals surface area contributed by atoms with Gasteiger partial charge in [-0.05, 0) is 42.3 Å². The number of nitrogens with one attached hydrogen (secondary N) is 1. The van der Waals surface area contributed by atoms with E-state index in [9.17, 15) is 8.42 Å². The van der Waals surface area contributed by atoms with Crippen LogP contribution < -0.4 is 10.5 Å². The summed E-state index contributed by atoms with van der Waals surface area (Å²) in [5.74, 6) is 0. The van der Waals surface area contributed by atoms with E-state index in [1.54, 1.807) is 18.2 Å². The van der Waals surface area contributed by atoms with Crippen molar-refractivity contribution in [3.8, 4) is 0 Å². The highest BCUT2D eigenvalue weighted by Gasteiger charge is 2.17. The molecule has 0 heterocycles. The summed E-state index contributed by atoms with van der Waals surface area (Å²) >= 11 is 11.6. The molecule has 0 spiro atoms. The van der Waals surface area contributed by atoms with Crippen LogP contribution in [0.2, 0.25) is 10.0 Å². The van der Waals surface area contributed by atoms with Gasteiger partial charge in [-0.15, -0.1) is 0 Å². The third-order valence-electron chi connectivity index (χ3n) is 2.88. The SMILES string of the molecule is Nc1ccc(Cl)cc1S(=O)(=O)NCCc1ccc(Cl)cc1. The first-order valence-corrected chi connectivity index (χ1v) is 8.41. The molecule has 0 fully saturated rings. The molecular formula is C14H14Cl2N2O2S. The van der Waals surface area contributed by atoms with Gasteiger partial charge in [0.25, 0.3) is 0 Å². The number of benzene rings is 2. The molecule has 7 heteroatoms. The molecule has 2 aromatic rings. The second-order valence-corrected chi connectivity index (χ2v) is 7.06. The lowest BCUT2D eigenvalue weighted by molar-refractivity contribution is 0.582. The molecule has 0 saturated heterocycles. The van der Waals surface area contributed by atoms with Gasteiger partial charge in [0, 0.05) is 16.6 Å². The standard InChI is InChI=1S/C14H14Cl2N2O2S/c15-11-3-1-10(2-4-11)7-8-18-21(19,20)14-9-12(16)5-6-13(14)17/h1-6,9,18H,7-8,17H2. The van der Waals surface area contributed by atoms with Gasteiger partial charge < -0.3 is 5.73 Å². The molecule has 0 saturated carbocycles. The fourth-order valence-electron chi connectivity index (χ4n) is 1.80. The Labute approximate surface area is 133 Å². The first-order valence-electron chi connectivity index (χ1n) is 6.17. The van der Waals surface area contributed by atoms with E-state index in [0.717, 1.165) is 5.56 Å². The van der Waals surface area contributed by atoms with Crippen LogP contribution in [-0.2, 0) is 16.4 Å². The number of sulfonamides is 1. The number of nitrogen functional groups attached to an aromatic ring is 1. The summed E-state index contributed by atoms with van der Waals surface area (Å²) in [4.78, 5) is -0.00824. The van der Waals surface area contributed by atoms with Gasteiger partial charge in [0.2, 0.25) is 10.0 Å². The van der Waals surface area contributed by atoms with Crippen molar-refractivity contribution in [2.24, 2.45) is 0 Å². The summed E-state index contributed by atoms with van der Waals surface area (Å²) in [5.41, 5.74) is 6.83. The van der Waals surface area contributed by atoms with Gasteiger partial charge in [-0.25, -0.2) is 13.1 Å². The lowest BCUT2D eigenvalue weighted by atomic mass is 10.2. The van der Waals surface area contributed by atoms with E-state index in [2.05, 4.69) is 4.72 Å². The maximum absolute atomic E-state index is 12.2. The van der Waals surface area contributed by atoms with Crippen LogP contribution in [0.4, 0.5) is 5.69 Å². The minimum Gasteiger partial charge on any atom is -0.398 e. The number of hydrogen-bond donors (Lipinski definition) is 2. The largest absolute Gasteiger partial charge is 0.398 e. The molecule has 0 bridgehead atoms. The Morgan fingerprint density at radius 3 is 2.29 bits per heavy atom. The molecule has 0 aliphatic carbocycles. The quantitative estimate of drug-likeness (QED) is 0.818. The maximum atomic E-state index is 12.2. The molecule has 0 aromatic heterocycles. The predicted molar refractivity (Wildman–Crippen MR) is 86.2 cm³/mol. The Morgan fingerprint density at radius 1 is 1.00 bits per heavy atom. The Morgan fingerprint density at radius 2 is 1.62 bits per heavy atom. The maximum Gasteiger partial charge on any atom is 0.242 e. The molecule has 0 atom stereocenters. The van der Waals surface area contributed by atoms with Crippen LogP contribution in [0.1, 0.15) is 5.56 Å². The average Bonchev–Trinajstić information content (AvgIpc) is 2.43. The highest BCUT2D eigenvalue weighted by Crippen LogP contribution is 2.22. The zero-order valence-electron chi connectivity index (χ0n) is 11.0. The summed E-state index contributed by atoms with van der Waals surface area (Å²) in [6.45, 7) is 0.260. The van der Waals surface area contributed by atoms with E-state index in [-0.39, 0.29) is 17.1 Å². The summed E-state index contributed by atoms with van der Waals surface area (Å²) < 4.78 is 26.9. The van der Waals surface area contributed by atoms with Crippen molar-refractivity contribution in [2.75, 3.05) is 12.3 Å². The molecule has 3 N–H and O–H groups in total. The van der Waals surface area contributed by atoms with E-state index in [0.29, 0.717) is 16.5 Å². The van der Waals surface area contributed by atoms with Gasteiger partial charge in [-0.2, -0.15) is 0 Å². The molecule has 0 aliphatic rings. The first kappa shape index (κ1) is 16.1. The molecule has 2 rings (SSSR count). The fourth-order valence-corrected chi connectivity index (χ4v) is 3.35. The van der Waals surface area contributed by atoms with Crippen molar-refractivity contribution in [3.63, 3.8) is 0 Å².